The number of aliphatic imine (C=N–C) groups is 1. The standard InChI is InChI=1S/C6H12N4S/c1-4(9-2)5(7)3-10-6(8)11/h3,9H,7H2,1-2H3,(H2,8,11)/b5-4-,10-3-. The minimum atomic E-state index is 0.0804. The highest BCUT2D eigenvalue weighted by atomic mass is 32.1. The van der Waals surface area contributed by atoms with E-state index in [2.05, 4.69) is 22.5 Å². The molecule has 0 aromatic rings. The molecule has 0 amide bonds. The van der Waals surface area contributed by atoms with Crippen LogP contribution in [0.1, 0.15) is 6.92 Å². The van der Waals surface area contributed by atoms with E-state index in [0.29, 0.717) is 5.70 Å². The summed E-state index contributed by atoms with van der Waals surface area (Å²) in [6.07, 6.45) is 1.42. The fraction of sp³-hybridized carbons (Fsp3) is 0.333. The summed E-state index contributed by atoms with van der Waals surface area (Å²) < 4.78 is 0. The van der Waals surface area contributed by atoms with Crippen LogP contribution < -0.4 is 16.8 Å². The first-order valence-corrected chi connectivity index (χ1v) is 3.46. The minimum Gasteiger partial charge on any atom is -0.396 e. The quantitative estimate of drug-likeness (QED) is 0.395. The van der Waals surface area contributed by atoms with Gasteiger partial charge in [0.05, 0.1) is 11.9 Å². The number of nitrogens with one attached hydrogen (secondary N) is 1. The van der Waals surface area contributed by atoms with E-state index in [4.69, 9.17) is 11.5 Å². The van der Waals surface area contributed by atoms with E-state index in [9.17, 15) is 0 Å². The topological polar surface area (TPSA) is 76.4 Å². The molecule has 0 heterocycles. The Kier molecular flexibility index (Phi) is 4.21. The summed E-state index contributed by atoms with van der Waals surface area (Å²) in [5.41, 5.74) is 12.0. The summed E-state index contributed by atoms with van der Waals surface area (Å²) >= 11 is 4.52. The van der Waals surface area contributed by atoms with Crippen molar-refractivity contribution in [2.75, 3.05) is 7.05 Å². The van der Waals surface area contributed by atoms with E-state index >= 15 is 0 Å². The second-order valence-electron chi connectivity index (χ2n) is 1.93. The van der Waals surface area contributed by atoms with E-state index in [-0.39, 0.29) is 5.11 Å². The van der Waals surface area contributed by atoms with Crippen LogP contribution in [0.15, 0.2) is 16.4 Å². The molecule has 0 unspecified atom stereocenters. The monoisotopic (exact) mass is 172 g/mol. The summed E-state index contributed by atoms with van der Waals surface area (Å²) in [5, 5.41) is 2.95. The predicted octanol–water partition coefficient (Wildman–Crippen LogP) is -0.290. The molecule has 0 fully saturated rings. The zero-order chi connectivity index (χ0) is 8.85. The predicted molar refractivity (Wildman–Crippen MR) is 51.2 cm³/mol. The van der Waals surface area contributed by atoms with E-state index in [1.54, 1.807) is 7.05 Å². The average Bonchev–Trinajstić information content (AvgIpc) is 1.98. The van der Waals surface area contributed by atoms with Gasteiger partial charge >= 0.3 is 0 Å². The van der Waals surface area contributed by atoms with Crippen LogP contribution >= 0.6 is 12.2 Å². The third-order valence-corrected chi connectivity index (χ3v) is 1.24. The number of allylic oxidation sites excluding steroid dienone is 2. The molecule has 0 saturated carbocycles. The highest BCUT2D eigenvalue weighted by molar-refractivity contribution is 7.80. The fourth-order valence-electron chi connectivity index (χ4n) is 0.374. The molecule has 0 radical (unpaired) electrons. The van der Waals surface area contributed by atoms with Crippen molar-refractivity contribution >= 4 is 23.5 Å². The molecule has 0 aliphatic carbocycles. The second kappa shape index (κ2) is 4.68. The average molecular weight is 172 g/mol. The number of nitrogens with zero attached hydrogens (tertiary/aromatic N) is 1. The first-order chi connectivity index (χ1) is 5.07. The molecule has 5 heteroatoms. The highest BCUT2D eigenvalue weighted by Crippen LogP contribution is 1.88. The molecule has 0 aliphatic rings. The molecule has 0 saturated heterocycles. The summed E-state index contributed by atoms with van der Waals surface area (Å²) in [6, 6.07) is 0. The van der Waals surface area contributed by atoms with Crippen molar-refractivity contribution in [3.05, 3.63) is 11.4 Å². The first-order valence-electron chi connectivity index (χ1n) is 3.05. The molecular weight excluding hydrogens is 160 g/mol. The smallest absolute Gasteiger partial charge is 0.190 e. The highest BCUT2D eigenvalue weighted by Gasteiger charge is 1.89. The van der Waals surface area contributed by atoms with Crippen LogP contribution in [0, 0.1) is 0 Å². The summed E-state index contributed by atoms with van der Waals surface area (Å²) in [4.78, 5) is 3.65. The molecular formula is C6H12N4S. The van der Waals surface area contributed by atoms with Crippen LogP contribution in [0.2, 0.25) is 0 Å². The maximum Gasteiger partial charge on any atom is 0.190 e. The van der Waals surface area contributed by atoms with Crippen molar-refractivity contribution in [2.45, 2.75) is 6.92 Å². The van der Waals surface area contributed by atoms with Gasteiger partial charge in [-0.05, 0) is 19.1 Å². The molecule has 11 heavy (non-hydrogen) atoms. The summed E-state index contributed by atoms with van der Waals surface area (Å²) in [7, 11) is 1.77. The van der Waals surface area contributed by atoms with Gasteiger partial charge in [-0.3, -0.25) is 0 Å². The Hall–Kier alpha value is -1.10. The van der Waals surface area contributed by atoms with Crippen LogP contribution in [-0.2, 0) is 0 Å². The lowest BCUT2D eigenvalue weighted by molar-refractivity contribution is 0.970. The fourth-order valence-corrected chi connectivity index (χ4v) is 0.427. The van der Waals surface area contributed by atoms with Gasteiger partial charge in [-0.1, -0.05) is 0 Å². The van der Waals surface area contributed by atoms with E-state index in [0.717, 1.165) is 5.70 Å². The van der Waals surface area contributed by atoms with Gasteiger partial charge < -0.3 is 16.8 Å². The molecule has 0 aromatic carbocycles. The number of nitrogens with two attached hydrogens (primary N) is 2. The SMILES string of the molecule is CN/C(C)=C(N)/C=N\C(N)=S. The number of rotatable bonds is 2. The van der Waals surface area contributed by atoms with E-state index < -0.39 is 0 Å². The third-order valence-electron chi connectivity index (χ3n) is 1.14. The molecule has 0 atom stereocenters. The number of thiocarbonyl (C=S) groups is 1. The van der Waals surface area contributed by atoms with Crippen LogP contribution in [0.25, 0.3) is 0 Å². The number of hydrogen-bond donors (Lipinski definition) is 3. The van der Waals surface area contributed by atoms with E-state index in [1.807, 2.05) is 6.92 Å². The lowest BCUT2D eigenvalue weighted by Crippen LogP contribution is -2.13. The van der Waals surface area contributed by atoms with Crippen molar-refractivity contribution in [1.82, 2.24) is 5.32 Å². The molecule has 0 aromatic heterocycles. The van der Waals surface area contributed by atoms with Gasteiger partial charge in [0, 0.05) is 12.7 Å². The molecule has 0 bridgehead atoms. The largest absolute Gasteiger partial charge is 0.396 e. The van der Waals surface area contributed by atoms with Gasteiger partial charge in [-0.2, -0.15) is 0 Å². The maximum atomic E-state index is 5.53. The molecule has 4 nitrogen and oxygen atoms in total. The Morgan fingerprint density at radius 2 is 2.09 bits per heavy atom. The molecule has 0 aliphatic heterocycles. The summed E-state index contributed by atoms with van der Waals surface area (Å²) in [5.74, 6) is 0. The minimum absolute atomic E-state index is 0.0804. The zero-order valence-electron chi connectivity index (χ0n) is 6.59. The third kappa shape index (κ3) is 4.32. The van der Waals surface area contributed by atoms with Gasteiger partial charge in [0.2, 0.25) is 0 Å². The molecule has 0 spiro atoms. The van der Waals surface area contributed by atoms with Gasteiger partial charge in [0.1, 0.15) is 0 Å². The Morgan fingerprint density at radius 1 is 1.55 bits per heavy atom. The Balaban J connectivity index is 4.26. The Bertz CT molecular complexity index is 207. The van der Waals surface area contributed by atoms with Crippen LogP contribution in [-0.4, -0.2) is 18.4 Å². The van der Waals surface area contributed by atoms with Crippen LogP contribution in [0.3, 0.4) is 0 Å². The van der Waals surface area contributed by atoms with Crippen LogP contribution in [0.5, 0.6) is 0 Å². The van der Waals surface area contributed by atoms with Crippen molar-refractivity contribution in [3.63, 3.8) is 0 Å². The Morgan fingerprint density at radius 3 is 2.45 bits per heavy atom. The second-order valence-corrected chi connectivity index (χ2v) is 2.35. The van der Waals surface area contributed by atoms with Crippen LogP contribution in [0.4, 0.5) is 0 Å². The van der Waals surface area contributed by atoms with Gasteiger partial charge in [0.25, 0.3) is 0 Å². The molecule has 5 N–H and O–H groups in total. The van der Waals surface area contributed by atoms with Crippen molar-refractivity contribution < 1.29 is 0 Å². The number of hydrogen-bond acceptors (Lipinski definition) is 3. The maximum absolute atomic E-state index is 5.53. The lowest BCUT2D eigenvalue weighted by Gasteiger charge is -2.00. The normalized spacial score (nSPS) is 12.9. The zero-order valence-corrected chi connectivity index (χ0v) is 7.40. The van der Waals surface area contributed by atoms with Crippen molar-refractivity contribution in [2.24, 2.45) is 16.5 Å². The lowest BCUT2D eigenvalue weighted by atomic mass is 10.4. The Labute approximate surface area is 71.4 Å². The van der Waals surface area contributed by atoms with Gasteiger partial charge in [-0.15, -0.1) is 0 Å². The van der Waals surface area contributed by atoms with E-state index in [1.165, 1.54) is 6.21 Å². The van der Waals surface area contributed by atoms with Gasteiger partial charge in [-0.25, -0.2) is 4.99 Å². The van der Waals surface area contributed by atoms with Crippen molar-refractivity contribution in [3.8, 4) is 0 Å². The first kappa shape index (κ1) is 9.90. The summed E-state index contributed by atoms with van der Waals surface area (Å²) in [6.45, 7) is 1.83. The van der Waals surface area contributed by atoms with Gasteiger partial charge in [0.15, 0.2) is 5.11 Å². The van der Waals surface area contributed by atoms with Crippen molar-refractivity contribution in [1.29, 1.82) is 0 Å². The molecule has 0 rings (SSSR count). The molecule has 62 valence electrons.